The molecule has 0 bridgehead atoms. The Kier molecular flexibility index (Phi) is 3.81. The van der Waals surface area contributed by atoms with Crippen LogP contribution in [0.15, 0.2) is 23.1 Å². The van der Waals surface area contributed by atoms with Crippen molar-refractivity contribution in [3.8, 4) is 0 Å². The number of sulfonamides is 1. The summed E-state index contributed by atoms with van der Waals surface area (Å²) in [5.41, 5.74) is 7.14. The fraction of sp³-hybridized carbons (Fsp3) is 0.571. The predicted octanol–water partition coefficient (Wildman–Crippen LogP) is 0.591. The minimum Gasteiger partial charge on any atom is -0.399 e. The number of nitrogens with two attached hydrogens (primary N) is 2. The zero-order chi connectivity index (χ0) is 15.0. The lowest BCUT2D eigenvalue weighted by atomic mass is 10.2. The van der Waals surface area contributed by atoms with E-state index in [1.807, 2.05) is 6.07 Å². The quantitative estimate of drug-likeness (QED) is 0.780. The molecule has 2 saturated heterocycles. The Morgan fingerprint density at radius 3 is 2.62 bits per heavy atom. The van der Waals surface area contributed by atoms with Gasteiger partial charge in [0, 0.05) is 37.1 Å². The molecule has 1 atom stereocenters. The van der Waals surface area contributed by atoms with Crippen LogP contribution in [0.2, 0.25) is 0 Å². The molecule has 6 nitrogen and oxygen atoms in total. The van der Waals surface area contributed by atoms with Crippen LogP contribution in [0.5, 0.6) is 0 Å². The van der Waals surface area contributed by atoms with Crippen LogP contribution in [0, 0.1) is 0 Å². The zero-order valence-electron chi connectivity index (χ0n) is 12.0. The molecule has 0 saturated carbocycles. The van der Waals surface area contributed by atoms with E-state index in [1.165, 1.54) is 25.5 Å². The SMILES string of the molecule is Nc1cc(N2CCCN3CCCC3C2)cc(S(N)(=O)=O)c1. The third-order valence-corrected chi connectivity index (χ3v) is 5.30. The van der Waals surface area contributed by atoms with Crippen molar-refractivity contribution < 1.29 is 8.42 Å². The summed E-state index contributed by atoms with van der Waals surface area (Å²) in [6.07, 6.45) is 3.54. The lowest BCUT2D eigenvalue weighted by molar-refractivity contribution is 0.273. The van der Waals surface area contributed by atoms with Crippen LogP contribution in [0.3, 0.4) is 0 Å². The monoisotopic (exact) mass is 310 g/mol. The van der Waals surface area contributed by atoms with Crippen molar-refractivity contribution in [2.45, 2.75) is 30.2 Å². The number of nitrogens with zero attached hydrogens (tertiary/aromatic N) is 2. The van der Waals surface area contributed by atoms with Gasteiger partial charge in [-0.25, -0.2) is 13.6 Å². The number of hydrogen-bond acceptors (Lipinski definition) is 5. The summed E-state index contributed by atoms with van der Waals surface area (Å²) >= 11 is 0. The van der Waals surface area contributed by atoms with Crippen molar-refractivity contribution in [1.82, 2.24) is 4.90 Å². The molecule has 7 heteroatoms. The molecular formula is C14H22N4O2S. The van der Waals surface area contributed by atoms with Gasteiger partial charge in [-0.05, 0) is 44.0 Å². The van der Waals surface area contributed by atoms with Crippen LogP contribution >= 0.6 is 0 Å². The second-order valence-corrected chi connectivity index (χ2v) is 7.50. The molecule has 1 aromatic rings. The molecule has 0 spiro atoms. The standard InChI is InChI=1S/C14H22N4O2S/c15-11-7-13(9-14(8-11)21(16,19)20)18-6-2-5-17-4-1-3-12(17)10-18/h7-9,12H,1-6,10,15H2,(H2,16,19,20). The highest BCUT2D eigenvalue weighted by Crippen LogP contribution is 2.28. The average molecular weight is 310 g/mol. The third kappa shape index (κ3) is 3.14. The number of primary sulfonamides is 1. The van der Waals surface area contributed by atoms with Gasteiger partial charge in [-0.15, -0.1) is 0 Å². The Morgan fingerprint density at radius 2 is 1.86 bits per heavy atom. The molecule has 0 radical (unpaired) electrons. The normalized spacial score (nSPS) is 23.9. The molecule has 116 valence electrons. The minimum absolute atomic E-state index is 0.0880. The highest BCUT2D eigenvalue weighted by Gasteiger charge is 2.29. The number of hydrogen-bond donors (Lipinski definition) is 2. The zero-order valence-corrected chi connectivity index (χ0v) is 12.8. The fourth-order valence-corrected chi connectivity index (χ4v) is 3.98. The lowest BCUT2D eigenvalue weighted by Gasteiger charge is -2.27. The average Bonchev–Trinajstić information content (AvgIpc) is 2.74. The van der Waals surface area contributed by atoms with Crippen molar-refractivity contribution in [3.05, 3.63) is 18.2 Å². The molecule has 1 aromatic carbocycles. The number of rotatable bonds is 2. The third-order valence-electron chi connectivity index (χ3n) is 4.41. The van der Waals surface area contributed by atoms with E-state index in [-0.39, 0.29) is 4.90 Å². The number of fused-ring (bicyclic) bond motifs is 1. The van der Waals surface area contributed by atoms with E-state index in [1.54, 1.807) is 6.07 Å². The maximum absolute atomic E-state index is 11.6. The van der Waals surface area contributed by atoms with Crippen molar-refractivity contribution >= 4 is 21.4 Å². The Hall–Kier alpha value is -1.31. The van der Waals surface area contributed by atoms with Gasteiger partial charge >= 0.3 is 0 Å². The van der Waals surface area contributed by atoms with Crippen molar-refractivity contribution in [2.24, 2.45) is 5.14 Å². The van der Waals surface area contributed by atoms with Crippen LogP contribution in [0.1, 0.15) is 19.3 Å². The summed E-state index contributed by atoms with van der Waals surface area (Å²) in [4.78, 5) is 4.86. The minimum atomic E-state index is -3.73. The molecule has 0 amide bonds. The Bertz CT molecular complexity index is 632. The highest BCUT2D eigenvalue weighted by atomic mass is 32.2. The fourth-order valence-electron chi connectivity index (χ4n) is 3.39. The molecule has 0 aliphatic carbocycles. The summed E-state index contributed by atoms with van der Waals surface area (Å²) in [5, 5.41) is 5.23. The van der Waals surface area contributed by atoms with Crippen molar-refractivity contribution in [2.75, 3.05) is 36.8 Å². The van der Waals surface area contributed by atoms with Gasteiger partial charge in [0.2, 0.25) is 10.0 Å². The van der Waals surface area contributed by atoms with Crippen molar-refractivity contribution in [3.63, 3.8) is 0 Å². The van der Waals surface area contributed by atoms with Crippen LogP contribution in [-0.2, 0) is 10.0 Å². The first kappa shape index (κ1) is 14.6. The topological polar surface area (TPSA) is 92.7 Å². The first-order chi connectivity index (χ1) is 9.93. The molecule has 1 unspecified atom stereocenters. The summed E-state index contributed by atoms with van der Waals surface area (Å²) in [6.45, 7) is 4.14. The molecule has 2 fully saturated rings. The predicted molar refractivity (Wildman–Crippen MR) is 83.7 cm³/mol. The van der Waals surface area contributed by atoms with E-state index >= 15 is 0 Å². The van der Waals surface area contributed by atoms with E-state index in [0.29, 0.717) is 11.7 Å². The Labute approximate surface area is 125 Å². The molecule has 0 aromatic heterocycles. The lowest BCUT2D eigenvalue weighted by Crippen LogP contribution is -2.36. The summed E-state index contributed by atoms with van der Waals surface area (Å²) in [7, 11) is -3.73. The number of anilines is 2. The molecule has 3 rings (SSSR count). The first-order valence-corrected chi connectivity index (χ1v) is 8.90. The van der Waals surface area contributed by atoms with Gasteiger partial charge in [0.05, 0.1) is 4.90 Å². The van der Waals surface area contributed by atoms with Gasteiger partial charge in [0.25, 0.3) is 0 Å². The first-order valence-electron chi connectivity index (χ1n) is 7.36. The van der Waals surface area contributed by atoms with Gasteiger partial charge < -0.3 is 10.6 Å². The van der Waals surface area contributed by atoms with Gasteiger partial charge in [-0.3, -0.25) is 4.90 Å². The maximum atomic E-state index is 11.6. The van der Waals surface area contributed by atoms with E-state index in [4.69, 9.17) is 10.9 Å². The van der Waals surface area contributed by atoms with E-state index < -0.39 is 10.0 Å². The van der Waals surface area contributed by atoms with Crippen LogP contribution in [-0.4, -0.2) is 45.5 Å². The molecule has 4 N–H and O–H groups in total. The molecule has 2 aliphatic rings. The molecule has 2 heterocycles. The largest absolute Gasteiger partial charge is 0.399 e. The highest BCUT2D eigenvalue weighted by molar-refractivity contribution is 7.89. The van der Waals surface area contributed by atoms with Crippen LogP contribution in [0.4, 0.5) is 11.4 Å². The van der Waals surface area contributed by atoms with Crippen LogP contribution in [0.25, 0.3) is 0 Å². The van der Waals surface area contributed by atoms with E-state index in [2.05, 4.69) is 9.80 Å². The summed E-state index contributed by atoms with van der Waals surface area (Å²) in [5.74, 6) is 0. The molecular weight excluding hydrogens is 288 g/mol. The second-order valence-electron chi connectivity index (χ2n) is 5.94. The smallest absolute Gasteiger partial charge is 0.238 e. The van der Waals surface area contributed by atoms with Crippen molar-refractivity contribution in [1.29, 1.82) is 0 Å². The van der Waals surface area contributed by atoms with Gasteiger partial charge in [0.15, 0.2) is 0 Å². The maximum Gasteiger partial charge on any atom is 0.238 e. The van der Waals surface area contributed by atoms with Gasteiger partial charge in [0.1, 0.15) is 0 Å². The summed E-state index contributed by atoms with van der Waals surface area (Å²) in [6, 6.07) is 5.44. The van der Waals surface area contributed by atoms with Gasteiger partial charge in [-0.1, -0.05) is 0 Å². The molecule has 21 heavy (non-hydrogen) atoms. The van der Waals surface area contributed by atoms with E-state index in [0.717, 1.165) is 31.7 Å². The summed E-state index contributed by atoms with van der Waals surface area (Å²) < 4.78 is 23.1. The van der Waals surface area contributed by atoms with E-state index in [9.17, 15) is 8.42 Å². The molecule has 2 aliphatic heterocycles. The Morgan fingerprint density at radius 1 is 1.10 bits per heavy atom. The van der Waals surface area contributed by atoms with Crippen LogP contribution < -0.4 is 15.8 Å². The van der Waals surface area contributed by atoms with Gasteiger partial charge in [-0.2, -0.15) is 0 Å². The number of nitrogen functional groups attached to an aromatic ring is 1. The number of benzene rings is 1. The Balaban J connectivity index is 1.90. The second kappa shape index (κ2) is 5.47.